The monoisotopic (exact) mass is 278 g/mol. The number of benzene rings is 2. The van der Waals surface area contributed by atoms with Crippen molar-refractivity contribution >= 4 is 11.5 Å². The fraction of sp³-hybridized carbons (Fsp3) is 0.167. The third-order valence-corrected chi connectivity index (χ3v) is 4.44. The lowest BCUT2D eigenvalue weighted by Crippen LogP contribution is -2.10. The van der Waals surface area contributed by atoms with E-state index in [1.165, 1.54) is 35.6 Å². The number of rotatable bonds is 4. The fourth-order valence-electron chi connectivity index (χ4n) is 3.54. The lowest BCUT2D eigenvalue weighted by Gasteiger charge is -2.24. The average Bonchev–Trinajstić information content (AvgIpc) is 3.17. The number of carboxylic acid groups (broad SMARTS) is 1. The third kappa shape index (κ3) is 1.57. The van der Waals surface area contributed by atoms with Crippen LogP contribution in [0.5, 0.6) is 0 Å². The molecule has 0 aromatic heterocycles. The minimum Gasteiger partial charge on any atom is -0.503 e. The molecule has 2 atom stereocenters. The summed E-state index contributed by atoms with van der Waals surface area (Å²) in [5.41, 5.74) is 6.20. The average molecular weight is 278 g/mol. The Hall–Kier alpha value is -2.55. The van der Waals surface area contributed by atoms with Gasteiger partial charge in [0.1, 0.15) is 5.57 Å². The maximum atomic E-state index is 11.4. The minimum absolute atomic E-state index is 0.233. The molecule has 2 aromatic carbocycles. The SMILES string of the molecule is COC=C(C(=O)O)c1ccc2c3c1C3C2c1ccccc1. The van der Waals surface area contributed by atoms with E-state index in [-0.39, 0.29) is 5.57 Å². The maximum Gasteiger partial charge on any atom is 0.339 e. The van der Waals surface area contributed by atoms with Gasteiger partial charge in [0.25, 0.3) is 0 Å². The highest BCUT2D eigenvalue weighted by atomic mass is 16.5. The quantitative estimate of drug-likeness (QED) is 0.689. The van der Waals surface area contributed by atoms with Gasteiger partial charge in [0.15, 0.2) is 0 Å². The fourth-order valence-corrected chi connectivity index (χ4v) is 3.54. The molecule has 0 saturated carbocycles. The van der Waals surface area contributed by atoms with Crippen LogP contribution in [-0.2, 0) is 9.53 Å². The Morgan fingerprint density at radius 1 is 1.10 bits per heavy atom. The van der Waals surface area contributed by atoms with E-state index in [4.69, 9.17) is 4.74 Å². The van der Waals surface area contributed by atoms with Crippen molar-refractivity contribution in [3.05, 3.63) is 76.5 Å². The van der Waals surface area contributed by atoms with Crippen molar-refractivity contribution < 1.29 is 14.6 Å². The Bertz CT molecular complexity index is 775. The van der Waals surface area contributed by atoms with Gasteiger partial charge in [-0.15, -0.1) is 0 Å². The van der Waals surface area contributed by atoms with Crippen molar-refractivity contribution in [2.75, 3.05) is 7.11 Å². The Balaban J connectivity index is 1.74. The van der Waals surface area contributed by atoms with Crippen LogP contribution in [0.2, 0.25) is 0 Å². The first kappa shape index (κ1) is 12.2. The highest BCUT2D eigenvalue weighted by Gasteiger charge is 2.54. The Kier molecular flexibility index (Phi) is 2.45. The maximum absolute atomic E-state index is 11.4. The van der Waals surface area contributed by atoms with E-state index in [0.29, 0.717) is 11.8 Å². The van der Waals surface area contributed by atoms with Crippen molar-refractivity contribution in [3.63, 3.8) is 0 Å². The molecule has 1 N–H and O–H groups in total. The van der Waals surface area contributed by atoms with E-state index in [9.17, 15) is 9.90 Å². The highest BCUT2D eigenvalue weighted by molar-refractivity contribution is 6.16. The molecule has 3 nitrogen and oxygen atoms in total. The molecule has 0 bridgehead atoms. The van der Waals surface area contributed by atoms with Gasteiger partial charge in [0, 0.05) is 11.8 Å². The molecule has 3 heteroatoms. The van der Waals surface area contributed by atoms with Crippen LogP contribution in [0.4, 0.5) is 0 Å². The standard InChI is InChI=1S/C18H14O3/c1-21-9-13(18(19)20)11-7-8-12-14(17-15(11)16(12)17)10-5-3-2-4-6-10/h2-9,14,17H,1H3,(H,19,20). The number of hydrogen-bond acceptors (Lipinski definition) is 2. The second-order valence-electron chi connectivity index (χ2n) is 5.47. The van der Waals surface area contributed by atoms with Gasteiger partial charge in [0.2, 0.25) is 0 Å². The molecule has 104 valence electrons. The normalized spacial score (nSPS) is 21.3. The molecule has 0 fully saturated rings. The summed E-state index contributed by atoms with van der Waals surface area (Å²) in [7, 11) is 1.47. The lowest BCUT2D eigenvalue weighted by atomic mass is 9.79. The molecule has 0 saturated heterocycles. The van der Waals surface area contributed by atoms with Crippen LogP contribution in [0.15, 0.2) is 48.7 Å². The summed E-state index contributed by atoms with van der Waals surface area (Å²) in [6.07, 6.45) is 1.32. The molecule has 2 aromatic rings. The molecule has 0 spiro atoms. The number of fused-ring (bicyclic) bond motifs is 1. The number of aliphatic carboxylic acids is 1. The highest BCUT2D eigenvalue weighted by Crippen LogP contribution is 2.68. The summed E-state index contributed by atoms with van der Waals surface area (Å²) in [6.45, 7) is 0. The summed E-state index contributed by atoms with van der Waals surface area (Å²) >= 11 is 0. The molecule has 0 radical (unpaired) electrons. The number of ether oxygens (including phenoxy) is 1. The summed E-state index contributed by atoms with van der Waals surface area (Å²) < 4.78 is 4.92. The van der Waals surface area contributed by atoms with E-state index in [2.05, 4.69) is 18.2 Å². The Morgan fingerprint density at radius 3 is 2.52 bits per heavy atom. The minimum atomic E-state index is -0.949. The van der Waals surface area contributed by atoms with Crippen LogP contribution in [0, 0.1) is 0 Å². The van der Waals surface area contributed by atoms with Crippen LogP contribution in [0.25, 0.3) is 5.57 Å². The molecule has 21 heavy (non-hydrogen) atoms. The first-order valence-corrected chi connectivity index (χ1v) is 6.92. The Morgan fingerprint density at radius 2 is 1.86 bits per heavy atom. The van der Waals surface area contributed by atoms with E-state index >= 15 is 0 Å². The smallest absolute Gasteiger partial charge is 0.339 e. The van der Waals surface area contributed by atoms with Crippen LogP contribution < -0.4 is 0 Å². The summed E-state index contributed by atoms with van der Waals surface area (Å²) in [5.74, 6) is -0.162. The topological polar surface area (TPSA) is 46.5 Å². The van der Waals surface area contributed by atoms with Gasteiger partial charge < -0.3 is 9.84 Å². The number of carboxylic acids is 1. The van der Waals surface area contributed by atoms with Gasteiger partial charge in [-0.1, -0.05) is 42.5 Å². The molecule has 2 aliphatic rings. The summed E-state index contributed by atoms with van der Waals surface area (Å²) in [4.78, 5) is 11.4. The molecule has 2 unspecified atom stereocenters. The molecule has 4 rings (SSSR count). The Labute approximate surface area is 122 Å². The molecular weight excluding hydrogens is 264 g/mol. The lowest BCUT2D eigenvalue weighted by molar-refractivity contribution is -0.130. The summed E-state index contributed by atoms with van der Waals surface area (Å²) in [6, 6.07) is 14.4. The predicted molar refractivity (Wildman–Crippen MR) is 79.2 cm³/mol. The molecule has 2 aliphatic carbocycles. The van der Waals surface area contributed by atoms with Crippen LogP contribution in [0.3, 0.4) is 0 Å². The first-order chi connectivity index (χ1) is 10.2. The number of hydrogen-bond donors (Lipinski definition) is 1. The molecule has 0 amide bonds. The van der Waals surface area contributed by atoms with Gasteiger partial charge in [-0.3, -0.25) is 0 Å². The second-order valence-corrected chi connectivity index (χ2v) is 5.47. The van der Waals surface area contributed by atoms with E-state index < -0.39 is 5.97 Å². The number of methoxy groups -OCH3 is 1. The second kappa shape index (κ2) is 4.22. The van der Waals surface area contributed by atoms with Crippen molar-refractivity contribution in [2.45, 2.75) is 11.8 Å². The zero-order valence-corrected chi connectivity index (χ0v) is 11.5. The van der Waals surface area contributed by atoms with E-state index in [1.54, 1.807) is 0 Å². The van der Waals surface area contributed by atoms with E-state index in [0.717, 1.165) is 5.56 Å². The van der Waals surface area contributed by atoms with E-state index in [1.807, 2.05) is 24.3 Å². The van der Waals surface area contributed by atoms with Crippen LogP contribution >= 0.6 is 0 Å². The molecule has 0 heterocycles. The van der Waals surface area contributed by atoms with Gasteiger partial charge >= 0.3 is 5.97 Å². The van der Waals surface area contributed by atoms with Crippen molar-refractivity contribution in [1.29, 1.82) is 0 Å². The molecule has 0 aliphatic heterocycles. The number of carbonyl (C=O) groups is 1. The van der Waals surface area contributed by atoms with Crippen LogP contribution in [-0.4, -0.2) is 18.2 Å². The summed E-state index contributed by atoms with van der Waals surface area (Å²) in [5, 5.41) is 9.34. The van der Waals surface area contributed by atoms with Gasteiger partial charge in [-0.25, -0.2) is 4.79 Å². The van der Waals surface area contributed by atoms with Crippen molar-refractivity contribution in [1.82, 2.24) is 0 Å². The van der Waals surface area contributed by atoms with Crippen molar-refractivity contribution in [3.8, 4) is 0 Å². The van der Waals surface area contributed by atoms with Gasteiger partial charge in [0.05, 0.1) is 13.4 Å². The first-order valence-electron chi connectivity index (χ1n) is 6.92. The zero-order chi connectivity index (χ0) is 14.6. The predicted octanol–water partition coefficient (Wildman–Crippen LogP) is 3.35. The van der Waals surface area contributed by atoms with Crippen molar-refractivity contribution in [2.24, 2.45) is 0 Å². The largest absolute Gasteiger partial charge is 0.503 e. The third-order valence-electron chi connectivity index (χ3n) is 4.44. The van der Waals surface area contributed by atoms with Gasteiger partial charge in [-0.2, -0.15) is 0 Å². The van der Waals surface area contributed by atoms with Gasteiger partial charge in [-0.05, 0) is 27.8 Å². The van der Waals surface area contributed by atoms with Crippen LogP contribution in [0.1, 0.15) is 39.7 Å². The zero-order valence-electron chi connectivity index (χ0n) is 11.5. The molecular formula is C18H14O3.